The third-order valence-electron chi connectivity index (χ3n) is 9.39. The second-order valence-corrected chi connectivity index (χ2v) is 10.3. The number of ether oxygens (including phenoxy) is 7. The van der Waals surface area contributed by atoms with Crippen molar-refractivity contribution in [3.63, 3.8) is 0 Å². The standard InChI is InChI=1S/C24H42O7/c1-7-19(11-27-12-19)23(25-5,20(8-2)13-28-14-20)31-24(26-6,21(9-3)15-29-16-21)22(10-4)17-30-18-22/h7-18H2,1-6H3. The first-order valence-corrected chi connectivity index (χ1v) is 12.0. The first-order valence-electron chi connectivity index (χ1n) is 12.0. The van der Waals surface area contributed by atoms with Crippen LogP contribution in [0.1, 0.15) is 53.4 Å². The van der Waals surface area contributed by atoms with E-state index in [0.29, 0.717) is 52.9 Å². The lowest BCUT2D eigenvalue weighted by Crippen LogP contribution is -2.81. The number of methoxy groups -OCH3 is 2. The van der Waals surface area contributed by atoms with E-state index in [1.807, 2.05) is 0 Å². The molecule has 0 aromatic heterocycles. The summed E-state index contributed by atoms with van der Waals surface area (Å²) in [5.41, 5.74) is -1.04. The van der Waals surface area contributed by atoms with Crippen LogP contribution in [0.5, 0.6) is 0 Å². The molecular weight excluding hydrogens is 400 g/mol. The van der Waals surface area contributed by atoms with Gasteiger partial charge < -0.3 is 33.2 Å². The molecule has 4 heterocycles. The third-order valence-corrected chi connectivity index (χ3v) is 9.39. The molecule has 0 unspecified atom stereocenters. The molecule has 4 saturated heterocycles. The quantitative estimate of drug-likeness (QED) is 0.429. The Balaban J connectivity index is 1.90. The molecule has 0 spiro atoms. The second kappa shape index (κ2) is 8.19. The average molecular weight is 443 g/mol. The highest BCUT2D eigenvalue weighted by Gasteiger charge is 2.77. The van der Waals surface area contributed by atoms with Crippen molar-refractivity contribution in [3.8, 4) is 0 Å². The van der Waals surface area contributed by atoms with Crippen LogP contribution in [0.2, 0.25) is 0 Å². The predicted molar refractivity (Wildman–Crippen MR) is 115 cm³/mol. The lowest BCUT2D eigenvalue weighted by atomic mass is 9.57. The molecule has 0 N–H and O–H groups in total. The van der Waals surface area contributed by atoms with Crippen LogP contribution in [0.3, 0.4) is 0 Å². The lowest BCUT2D eigenvalue weighted by molar-refractivity contribution is -0.523. The summed E-state index contributed by atoms with van der Waals surface area (Å²) in [6.07, 6.45) is 3.59. The fraction of sp³-hybridized carbons (Fsp3) is 1.00. The maximum absolute atomic E-state index is 7.55. The van der Waals surface area contributed by atoms with Crippen molar-refractivity contribution < 1.29 is 33.2 Å². The molecule has 0 radical (unpaired) electrons. The monoisotopic (exact) mass is 442 g/mol. The SMILES string of the molecule is CCC1(C(OC)(OC(OC)(C2(CC)COC2)C2(CC)COC2)C2(CC)COC2)COC1. The summed E-state index contributed by atoms with van der Waals surface area (Å²) in [5, 5.41) is 0. The van der Waals surface area contributed by atoms with E-state index in [2.05, 4.69) is 27.7 Å². The first kappa shape index (κ1) is 23.9. The molecule has 0 aromatic carbocycles. The molecule has 4 rings (SSSR count). The van der Waals surface area contributed by atoms with E-state index in [0.717, 1.165) is 25.7 Å². The van der Waals surface area contributed by atoms with Gasteiger partial charge in [0.15, 0.2) is 11.6 Å². The van der Waals surface area contributed by atoms with Gasteiger partial charge in [-0.15, -0.1) is 0 Å². The summed E-state index contributed by atoms with van der Waals surface area (Å²) in [6.45, 7) is 13.8. The minimum absolute atomic E-state index is 0.260. The summed E-state index contributed by atoms with van der Waals surface area (Å²) in [4.78, 5) is 0. The van der Waals surface area contributed by atoms with Gasteiger partial charge in [0, 0.05) is 14.2 Å². The Morgan fingerprint density at radius 3 is 0.839 bits per heavy atom. The van der Waals surface area contributed by atoms with Crippen LogP contribution < -0.4 is 0 Å². The summed E-state index contributed by atoms with van der Waals surface area (Å²) in [6, 6.07) is 0. The Morgan fingerprint density at radius 1 is 0.516 bits per heavy atom. The van der Waals surface area contributed by atoms with Crippen molar-refractivity contribution in [3.05, 3.63) is 0 Å². The van der Waals surface area contributed by atoms with Gasteiger partial charge in [-0.25, -0.2) is 0 Å². The van der Waals surface area contributed by atoms with E-state index in [4.69, 9.17) is 33.2 Å². The van der Waals surface area contributed by atoms with E-state index < -0.39 is 11.6 Å². The fourth-order valence-electron chi connectivity index (χ4n) is 6.61. The van der Waals surface area contributed by atoms with Gasteiger partial charge in [-0.2, -0.15) is 0 Å². The number of hydrogen-bond acceptors (Lipinski definition) is 7. The summed E-state index contributed by atoms with van der Waals surface area (Å²) >= 11 is 0. The normalized spacial score (nSPS) is 28.1. The highest BCUT2D eigenvalue weighted by Crippen LogP contribution is 2.65. The Labute approximate surface area is 187 Å². The van der Waals surface area contributed by atoms with Crippen LogP contribution in [0.4, 0.5) is 0 Å². The zero-order chi connectivity index (χ0) is 22.4. The molecule has 4 aliphatic heterocycles. The molecule has 0 atom stereocenters. The van der Waals surface area contributed by atoms with Crippen molar-refractivity contribution in [2.75, 3.05) is 67.1 Å². The molecule has 0 bridgehead atoms. The first-order chi connectivity index (χ1) is 14.9. The topological polar surface area (TPSA) is 64.6 Å². The lowest BCUT2D eigenvalue weighted by Gasteiger charge is -2.70. The molecule has 4 fully saturated rings. The molecular formula is C24H42O7. The van der Waals surface area contributed by atoms with Gasteiger partial charge in [0.25, 0.3) is 0 Å². The van der Waals surface area contributed by atoms with Crippen molar-refractivity contribution in [2.45, 2.75) is 65.0 Å². The van der Waals surface area contributed by atoms with E-state index in [1.54, 1.807) is 14.2 Å². The molecule has 7 nitrogen and oxygen atoms in total. The highest BCUT2D eigenvalue weighted by atomic mass is 16.8. The summed E-state index contributed by atoms with van der Waals surface area (Å²) in [7, 11) is 3.58. The highest BCUT2D eigenvalue weighted by molar-refractivity contribution is 5.16. The van der Waals surface area contributed by atoms with Crippen LogP contribution in [-0.4, -0.2) is 78.6 Å². The number of rotatable bonds is 12. The van der Waals surface area contributed by atoms with Crippen molar-refractivity contribution in [1.82, 2.24) is 0 Å². The summed E-state index contributed by atoms with van der Waals surface area (Å²) < 4.78 is 43.9. The Morgan fingerprint density at radius 2 is 0.742 bits per heavy atom. The van der Waals surface area contributed by atoms with Crippen molar-refractivity contribution in [1.29, 1.82) is 0 Å². The fourth-order valence-corrected chi connectivity index (χ4v) is 6.61. The predicted octanol–water partition coefficient (Wildman–Crippen LogP) is 3.39. The Hall–Kier alpha value is -0.280. The van der Waals surface area contributed by atoms with Crippen molar-refractivity contribution >= 4 is 0 Å². The van der Waals surface area contributed by atoms with Gasteiger partial charge in [0.1, 0.15) is 0 Å². The summed E-state index contributed by atoms with van der Waals surface area (Å²) in [5.74, 6) is -1.79. The van der Waals surface area contributed by atoms with E-state index in [-0.39, 0.29) is 21.7 Å². The van der Waals surface area contributed by atoms with Crippen LogP contribution in [0.15, 0.2) is 0 Å². The maximum atomic E-state index is 7.55. The van der Waals surface area contributed by atoms with Crippen LogP contribution >= 0.6 is 0 Å². The molecule has 7 heteroatoms. The zero-order valence-corrected chi connectivity index (χ0v) is 20.3. The van der Waals surface area contributed by atoms with Gasteiger partial charge >= 0.3 is 0 Å². The van der Waals surface area contributed by atoms with Gasteiger partial charge in [0.2, 0.25) is 0 Å². The minimum Gasteiger partial charge on any atom is -0.380 e. The van der Waals surface area contributed by atoms with E-state index >= 15 is 0 Å². The van der Waals surface area contributed by atoms with E-state index in [1.165, 1.54) is 0 Å². The van der Waals surface area contributed by atoms with Crippen LogP contribution in [0, 0.1) is 21.7 Å². The van der Waals surface area contributed by atoms with E-state index in [9.17, 15) is 0 Å². The molecule has 0 aliphatic carbocycles. The van der Waals surface area contributed by atoms with Gasteiger partial charge in [-0.3, -0.25) is 0 Å². The zero-order valence-electron chi connectivity index (χ0n) is 20.3. The molecule has 180 valence electrons. The molecule has 0 aromatic rings. The van der Waals surface area contributed by atoms with Crippen LogP contribution in [-0.2, 0) is 33.2 Å². The van der Waals surface area contributed by atoms with Crippen LogP contribution in [0.25, 0.3) is 0 Å². The second-order valence-electron chi connectivity index (χ2n) is 10.3. The molecule has 31 heavy (non-hydrogen) atoms. The Kier molecular flexibility index (Phi) is 6.30. The molecule has 0 saturated carbocycles. The minimum atomic E-state index is -0.897. The Bertz CT molecular complexity index is 512. The molecule has 0 amide bonds. The third kappa shape index (κ3) is 2.71. The van der Waals surface area contributed by atoms with Gasteiger partial charge in [0.05, 0.1) is 74.5 Å². The molecule has 4 aliphatic rings. The maximum Gasteiger partial charge on any atom is 0.191 e. The smallest absolute Gasteiger partial charge is 0.191 e. The average Bonchev–Trinajstić information content (AvgIpc) is 2.65. The number of hydrogen-bond donors (Lipinski definition) is 0. The van der Waals surface area contributed by atoms with Crippen molar-refractivity contribution in [2.24, 2.45) is 21.7 Å². The van der Waals surface area contributed by atoms with Gasteiger partial charge in [-0.1, -0.05) is 27.7 Å². The largest absolute Gasteiger partial charge is 0.380 e. The van der Waals surface area contributed by atoms with Gasteiger partial charge in [-0.05, 0) is 25.7 Å².